The Morgan fingerprint density at radius 2 is 0.828 bits per heavy atom. The van der Waals surface area contributed by atoms with E-state index < -0.39 is 25.8 Å². The molecule has 0 aliphatic heterocycles. The van der Waals surface area contributed by atoms with Gasteiger partial charge >= 0.3 is 17.9 Å². The molecule has 0 saturated carbocycles. The number of hydrogen-bond donors (Lipinski definition) is 3. The van der Waals surface area contributed by atoms with Crippen LogP contribution in [-0.2, 0) is 0 Å². The number of benzene rings is 3. The third-order valence-electron chi connectivity index (χ3n) is 4.05. The van der Waals surface area contributed by atoms with Crippen molar-refractivity contribution in [3.8, 4) is 0 Å². The van der Waals surface area contributed by atoms with Crippen molar-refractivity contribution in [1.29, 1.82) is 0 Å². The van der Waals surface area contributed by atoms with Crippen molar-refractivity contribution in [3.63, 3.8) is 0 Å². The molecule has 141 valence electrons. The van der Waals surface area contributed by atoms with Crippen LogP contribution in [0.25, 0.3) is 0 Å². The first kappa shape index (κ1) is 22.8. The van der Waals surface area contributed by atoms with Crippen molar-refractivity contribution in [1.82, 2.24) is 0 Å². The molecule has 0 spiro atoms. The number of carboxylic acids is 3. The zero-order chi connectivity index (χ0) is 20.3. The molecule has 8 heteroatoms. The summed E-state index contributed by atoms with van der Waals surface area (Å²) < 4.78 is 0. The van der Waals surface area contributed by atoms with Gasteiger partial charge in [0.05, 0.1) is 16.7 Å². The number of aromatic carboxylic acids is 3. The van der Waals surface area contributed by atoms with Crippen LogP contribution in [0.15, 0.2) is 72.8 Å². The van der Waals surface area contributed by atoms with Gasteiger partial charge in [0.25, 0.3) is 0 Å². The zero-order valence-corrected chi connectivity index (χ0v) is 18.3. The summed E-state index contributed by atoms with van der Waals surface area (Å²) in [5, 5.41) is 30.0. The van der Waals surface area contributed by atoms with Gasteiger partial charge in [-0.1, -0.05) is 36.4 Å². The van der Waals surface area contributed by atoms with Crippen molar-refractivity contribution in [2.45, 2.75) is 0 Å². The zero-order valence-electron chi connectivity index (χ0n) is 15.4. The Balaban J connectivity index is 0.00000300. The molecule has 0 aliphatic carbocycles. The molecule has 29 heavy (non-hydrogen) atoms. The van der Waals surface area contributed by atoms with E-state index in [9.17, 15) is 29.7 Å². The minimum atomic E-state index is -1.36. The van der Waals surface area contributed by atoms with Crippen molar-refractivity contribution in [2.24, 2.45) is 0 Å². The topological polar surface area (TPSA) is 112 Å². The Morgan fingerprint density at radius 1 is 0.552 bits per heavy atom. The first-order valence-corrected chi connectivity index (χ1v) is 9.51. The second kappa shape index (κ2) is 9.81. The van der Waals surface area contributed by atoms with Crippen LogP contribution in [0.4, 0.5) is 0 Å². The summed E-state index contributed by atoms with van der Waals surface area (Å²) in [5.74, 6) is -3.22. The normalized spacial score (nSPS) is 10.2. The molecule has 0 atom stereocenters. The summed E-state index contributed by atoms with van der Waals surface area (Å²) in [6.07, 6.45) is 0. The predicted octanol–water partition coefficient (Wildman–Crippen LogP) is 2.16. The van der Waals surface area contributed by atoms with Crippen LogP contribution < -0.4 is 15.9 Å². The molecular weight excluding hydrogens is 402 g/mol. The van der Waals surface area contributed by atoms with Crippen molar-refractivity contribution >= 4 is 71.3 Å². The summed E-state index contributed by atoms with van der Waals surface area (Å²) in [5.41, 5.74) is 0.316. The maximum absolute atomic E-state index is 11.4. The third-order valence-corrected chi connectivity index (χ3v) is 6.44. The largest absolute Gasteiger partial charge is 0.478 e. The predicted molar refractivity (Wildman–Crippen MR) is 112 cm³/mol. The van der Waals surface area contributed by atoms with Crippen LogP contribution in [0.2, 0.25) is 0 Å². The molecule has 3 aromatic carbocycles. The molecule has 3 aromatic rings. The van der Waals surface area contributed by atoms with Crippen LogP contribution >= 0.6 is 7.92 Å². The first-order chi connectivity index (χ1) is 13.4. The molecule has 0 heterocycles. The summed E-state index contributed by atoms with van der Waals surface area (Å²) in [7, 11) is -1.36. The monoisotopic (exact) mass is 417 g/mol. The Kier molecular flexibility index (Phi) is 7.71. The molecule has 0 saturated heterocycles. The van der Waals surface area contributed by atoms with Gasteiger partial charge in [-0.2, -0.15) is 0 Å². The van der Waals surface area contributed by atoms with Gasteiger partial charge < -0.3 is 15.3 Å². The van der Waals surface area contributed by atoms with Gasteiger partial charge in [0.2, 0.25) is 0 Å². The standard InChI is InChI=1S/C21H15O6P.Na/c22-19(23)13-4-1-7-16(10-13)28(17-8-2-5-14(11-17)20(24)25)18-9-3-6-15(12-18)21(26)27;/h1-12H,(H,22,23)(H,24,25)(H,26,27);. The first-order valence-electron chi connectivity index (χ1n) is 8.17. The Hall–Kier alpha value is -2.50. The smallest absolute Gasteiger partial charge is 0.335 e. The summed E-state index contributed by atoms with van der Waals surface area (Å²) in [4.78, 5) is 34.2. The van der Waals surface area contributed by atoms with Gasteiger partial charge in [0.1, 0.15) is 0 Å². The van der Waals surface area contributed by atoms with Crippen molar-refractivity contribution in [3.05, 3.63) is 89.5 Å². The van der Waals surface area contributed by atoms with E-state index in [-0.39, 0.29) is 46.2 Å². The van der Waals surface area contributed by atoms with E-state index in [1.54, 1.807) is 36.4 Å². The minimum Gasteiger partial charge on any atom is -0.478 e. The molecule has 0 amide bonds. The van der Waals surface area contributed by atoms with Crippen LogP contribution in [0, 0.1) is 0 Å². The van der Waals surface area contributed by atoms with Crippen LogP contribution in [0.3, 0.4) is 0 Å². The summed E-state index contributed by atoms with van der Waals surface area (Å²) in [6, 6.07) is 19.2. The quantitative estimate of drug-likeness (QED) is 0.419. The van der Waals surface area contributed by atoms with E-state index in [2.05, 4.69) is 0 Å². The Bertz CT molecular complexity index is 945. The molecule has 1 radical (unpaired) electrons. The fourth-order valence-corrected chi connectivity index (χ4v) is 5.19. The fourth-order valence-electron chi connectivity index (χ4n) is 2.78. The SMILES string of the molecule is O=C(O)c1cccc(P(c2cccc(C(=O)O)c2)c2cccc(C(=O)O)c2)c1.[Na]. The number of carbonyl (C=O) groups is 3. The van der Waals surface area contributed by atoms with Gasteiger partial charge in [-0.05, 0) is 60.2 Å². The molecule has 0 unspecified atom stereocenters. The molecule has 0 fully saturated rings. The molecular formula is C21H15NaO6P. The van der Waals surface area contributed by atoms with Crippen molar-refractivity contribution in [2.75, 3.05) is 0 Å². The Labute approximate surface area is 189 Å². The maximum atomic E-state index is 11.4. The number of rotatable bonds is 6. The number of carboxylic acid groups (broad SMARTS) is 3. The average Bonchev–Trinajstić information content (AvgIpc) is 2.69. The van der Waals surface area contributed by atoms with E-state index in [0.717, 1.165) is 0 Å². The van der Waals surface area contributed by atoms with E-state index in [1.165, 1.54) is 36.4 Å². The van der Waals surface area contributed by atoms with Gasteiger partial charge in [0, 0.05) is 29.6 Å². The molecule has 3 N–H and O–H groups in total. The molecule has 0 aliphatic rings. The summed E-state index contributed by atoms with van der Waals surface area (Å²) >= 11 is 0. The molecule has 0 aromatic heterocycles. The molecule has 6 nitrogen and oxygen atoms in total. The number of hydrogen-bond acceptors (Lipinski definition) is 3. The van der Waals surface area contributed by atoms with E-state index >= 15 is 0 Å². The van der Waals surface area contributed by atoms with Crippen LogP contribution in [-0.4, -0.2) is 62.8 Å². The van der Waals surface area contributed by atoms with Crippen LogP contribution in [0.1, 0.15) is 31.1 Å². The van der Waals surface area contributed by atoms with Gasteiger partial charge in [0.15, 0.2) is 0 Å². The fraction of sp³-hybridized carbons (Fsp3) is 0. The average molecular weight is 417 g/mol. The van der Waals surface area contributed by atoms with Gasteiger partial charge in [-0.15, -0.1) is 0 Å². The molecule has 3 rings (SSSR count). The summed E-state index contributed by atoms with van der Waals surface area (Å²) in [6.45, 7) is 0. The van der Waals surface area contributed by atoms with E-state index in [1.807, 2.05) is 0 Å². The Morgan fingerprint density at radius 3 is 1.07 bits per heavy atom. The second-order valence-corrected chi connectivity index (χ2v) is 8.12. The maximum Gasteiger partial charge on any atom is 0.335 e. The van der Waals surface area contributed by atoms with E-state index in [0.29, 0.717) is 15.9 Å². The molecule has 0 bridgehead atoms. The minimum absolute atomic E-state index is 0. The second-order valence-electron chi connectivity index (χ2n) is 5.90. The van der Waals surface area contributed by atoms with E-state index in [4.69, 9.17) is 0 Å². The van der Waals surface area contributed by atoms with Gasteiger partial charge in [-0.3, -0.25) is 0 Å². The van der Waals surface area contributed by atoms with Crippen molar-refractivity contribution < 1.29 is 29.7 Å². The third kappa shape index (κ3) is 5.31. The van der Waals surface area contributed by atoms with Crippen LogP contribution in [0.5, 0.6) is 0 Å². The van der Waals surface area contributed by atoms with Gasteiger partial charge in [-0.25, -0.2) is 14.4 Å².